The lowest BCUT2D eigenvalue weighted by molar-refractivity contribution is 0.509. The first kappa shape index (κ1) is 14.5. The normalized spacial score (nSPS) is 18.2. The molecule has 0 radical (unpaired) electrons. The van der Waals surface area contributed by atoms with Crippen LogP contribution in [-0.2, 0) is 16.6 Å². The van der Waals surface area contributed by atoms with Crippen molar-refractivity contribution >= 4 is 10.0 Å². The summed E-state index contributed by atoms with van der Waals surface area (Å²) in [6.45, 7) is 0.238. The summed E-state index contributed by atoms with van der Waals surface area (Å²) in [6, 6.07) is 7.01. The topological polar surface area (TPSA) is 72.2 Å². The van der Waals surface area contributed by atoms with E-state index in [1.54, 1.807) is 18.2 Å². The lowest BCUT2D eigenvalue weighted by Crippen LogP contribution is -2.35. The van der Waals surface area contributed by atoms with E-state index in [1.807, 2.05) is 6.07 Å². The van der Waals surface area contributed by atoms with Gasteiger partial charge in [-0.2, -0.15) is 0 Å². The molecule has 106 valence electrons. The van der Waals surface area contributed by atoms with Gasteiger partial charge in [0.15, 0.2) is 0 Å². The molecule has 1 aromatic rings. The minimum atomic E-state index is -3.45. The van der Waals surface area contributed by atoms with Crippen molar-refractivity contribution in [3.63, 3.8) is 0 Å². The third-order valence-corrected chi connectivity index (χ3v) is 5.28. The zero-order valence-electron chi connectivity index (χ0n) is 11.1. The van der Waals surface area contributed by atoms with Gasteiger partial charge in [0, 0.05) is 12.6 Å². The summed E-state index contributed by atoms with van der Waals surface area (Å²) in [4.78, 5) is 0.321. The van der Waals surface area contributed by atoms with Crippen LogP contribution in [0.4, 0.5) is 0 Å². The molecule has 0 aliphatic heterocycles. The zero-order chi connectivity index (χ0) is 13.7. The fraction of sp³-hybridized carbons (Fsp3) is 0.571. The summed E-state index contributed by atoms with van der Waals surface area (Å²) < 4.78 is 27.7. The second kappa shape index (κ2) is 6.50. The smallest absolute Gasteiger partial charge is 0.241 e. The quantitative estimate of drug-likeness (QED) is 0.831. The maximum atomic E-state index is 12.4. The van der Waals surface area contributed by atoms with Gasteiger partial charge in [-0.3, -0.25) is 0 Å². The Bertz CT molecular complexity index is 506. The van der Waals surface area contributed by atoms with Crippen molar-refractivity contribution in [2.24, 2.45) is 5.73 Å². The molecular weight excluding hydrogens is 260 g/mol. The van der Waals surface area contributed by atoms with Crippen LogP contribution < -0.4 is 10.5 Å². The Morgan fingerprint density at radius 1 is 1.11 bits per heavy atom. The predicted molar refractivity (Wildman–Crippen MR) is 76.1 cm³/mol. The Balaban J connectivity index is 2.17. The first-order valence-corrected chi connectivity index (χ1v) is 8.42. The van der Waals surface area contributed by atoms with E-state index >= 15 is 0 Å². The second-order valence-electron chi connectivity index (χ2n) is 5.12. The summed E-state index contributed by atoms with van der Waals surface area (Å²) >= 11 is 0. The van der Waals surface area contributed by atoms with E-state index in [-0.39, 0.29) is 12.6 Å². The van der Waals surface area contributed by atoms with Gasteiger partial charge in [0.25, 0.3) is 0 Å². The van der Waals surface area contributed by atoms with Gasteiger partial charge in [-0.15, -0.1) is 0 Å². The van der Waals surface area contributed by atoms with Gasteiger partial charge in [0.2, 0.25) is 10.0 Å². The van der Waals surface area contributed by atoms with Crippen LogP contribution in [-0.4, -0.2) is 14.5 Å². The van der Waals surface area contributed by atoms with E-state index in [2.05, 4.69) is 4.72 Å². The molecule has 0 spiro atoms. The van der Waals surface area contributed by atoms with Crippen LogP contribution in [0.3, 0.4) is 0 Å². The average molecular weight is 282 g/mol. The lowest BCUT2D eigenvalue weighted by Gasteiger charge is -2.17. The van der Waals surface area contributed by atoms with Crippen molar-refractivity contribution in [2.75, 3.05) is 0 Å². The molecule has 1 aliphatic carbocycles. The Kier molecular flexibility index (Phi) is 4.96. The summed E-state index contributed by atoms with van der Waals surface area (Å²) in [5, 5.41) is 0. The molecule has 5 heteroatoms. The zero-order valence-corrected chi connectivity index (χ0v) is 12.0. The van der Waals surface area contributed by atoms with Crippen LogP contribution in [0.5, 0.6) is 0 Å². The Labute approximate surface area is 115 Å². The fourth-order valence-electron chi connectivity index (χ4n) is 2.61. The van der Waals surface area contributed by atoms with Gasteiger partial charge in [-0.1, -0.05) is 43.9 Å². The number of hydrogen-bond acceptors (Lipinski definition) is 3. The van der Waals surface area contributed by atoms with E-state index in [1.165, 1.54) is 12.8 Å². The molecule has 4 nitrogen and oxygen atoms in total. The van der Waals surface area contributed by atoms with E-state index in [4.69, 9.17) is 5.73 Å². The summed E-state index contributed by atoms with van der Waals surface area (Å²) in [7, 11) is -3.45. The monoisotopic (exact) mass is 282 g/mol. The molecule has 1 aliphatic rings. The van der Waals surface area contributed by atoms with Gasteiger partial charge in [-0.25, -0.2) is 13.1 Å². The molecule has 1 fully saturated rings. The Morgan fingerprint density at radius 3 is 2.37 bits per heavy atom. The minimum absolute atomic E-state index is 0.0679. The highest BCUT2D eigenvalue weighted by molar-refractivity contribution is 7.89. The first-order valence-electron chi connectivity index (χ1n) is 6.94. The molecule has 0 bridgehead atoms. The van der Waals surface area contributed by atoms with Crippen LogP contribution in [0.1, 0.15) is 44.1 Å². The maximum absolute atomic E-state index is 12.4. The second-order valence-corrected chi connectivity index (χ2v) is 6.80. The predicted octanol–water partition coefficient (Wildman–Crippen LogP) is 2.15. The van der Waals surface area contributed by atoms with Crippen LogP contribution in [0.15, 0.2) is 29.2 Å². The molecule has 2 rings (SSSR count). The highest BCUT2D eigenvalue weighted by Crippen LogP contribution is 2.21. The fourth-order valence-corrected chi connectivity index (χ4v) is 4.17. The van der Waals surface area contributed by atoms with Crippen LogP contribution in [0.25, 0.3) is 0 Å². The van der Waals surface area contributed by atoms with Crippen LogP contribution in [0.2, 0.25) is 0 Å². The van der Waals surface area contributed by atoms with Crippen molar-refractivity contribution in [2.45, 2.75) is 56.0 Å². The molecule has 1 saturated carbocycles. The minimum Gasteiger partial charge on any atom is -0.326 e. The van der Waals surface area contributed by atoms with Crippen molar-refractivity contribution in [1.82, 2.24) is 4.72 Å². The number of nitrogens with one attached hydrogen (secondary N) is 1. The standard InChI is InChI=1S/C14H22N2O2S/c15-11-12-7-5-6-10-14(12)19(17,18)16-13-8-3-1-2-4-9-13/h5-7,10,13,16H,1-4,8-9,11,15H2. The molecule has 0 amide bonds. The first-order chi connectivity index (χ1) is 9.13. The highest BCUT2D eigenvalue weighted by atomic mass is 32.2. The van der Waals surface area contributed by atoms with E-state index in [0.29, 0.717) is 10.5 Å². The van der Waals surface area contributed by atoms with Gasteiger partial charge in [0.1, 0.15) is 0 Å². The van der Waals surface area contributed by atoms with Crippen molar-refractivity contribution in [3.8, 4) is 0 Å². The Hall–Kier alpha value is -0.910. The molecule has 0 heterocycles. The largest absolute Gasteiger partial charge is 0.326 e. The highest BCUT2D eigenvalue weighted by Gasteiger charge is 2.22. The molecule has 3 N–H and O–H groups in total. The number of rotatable bonds is 4. The molecule has 0 aromatic heterocycles. The van der Waals surface area contributed by atoms with Crippen molar-refractivity contribution in [1.29, 1.82) is 0 Å². The molecule has 1 aromatic carbocycles. The third-order valence-electron chi connectivity index (χ3n) is 3.66. The van der Waals surface area contributed by atoms with Gasteiger partial charge < -0.3 is 5.73 Å². The van der Waals surface area contributed by atoms with Gasteiger partial charge >= 0.3 is 0 Å². The average Bonchev–Trinajstić information content (AvgIpc) is 2.67. The molecule has 0 saturated heterocycles. The number of nitrogens with two attached hydrogens (primary N) is 1. The summed E-state index contributed by atoms with van der Waals surface area (Å²) in [5.74, 6) is 0. The Morgan fingerprint density at radius 2 is 1.74 bits per heavy atom. The lowest BCUT2D eigenvalue weighted by atomic mass is 10.1. The van der Waals surface area contributed by atoms with Crippen LogP contribution >= 0.6 is 0 Å². The number of benzene rings is 1. The summed E-state index contributed by atoms with van der Waals surface area (Å²) in [5.41, 5.74) is 6.28. The third kappa shape index (κ3) is 3.78. The summed E-state index contributed by atoms with van der Waals surface area (Å²) in [6.07, 6.45) is 6.49. The molecule has 0 atom stereocenters. The van der Waals surface area contributed by atoms with Crippen LogP contribution in [0, 0.1) is 0 Å². The van der Waals surface area contributed by atoms with Gasteiger partial charge in [-0.05, 0) is 24.5 Å². The molecular formula is C14H22N2O2S. The SMILES string of the molecule is NCc1ccccc1S(=O)(=O)NC1CCCCCC1. The molecule has 19 heavy (non-hydrogen) atoms. The number of hydrogen-bond donors (Lipinski definition) is 2. The molecule has 0 unspecified atom stereocenters. The van der Waals surface area contributed by atoms with E-state index in [9.17, 15) is 8.42 Å². The maximum Gasteiger partial charge on any atom is 0.241 e. The van der Waals surface area contributed by atoms with Crippen molar-refractivity contribution < 1.29 is 8.42 Å². The van der Waals surface area contributed by atoms with E-state index < -0.39 is 10.0 Å². The van der Waals surface area contributed by atoms with Gasteiger partial charge in [0.05, 0.1) is 4.90 Å². The number of sulfonamides is 1. The van der Waals surface area contributed by atoms with Crippen molar-refractivity contribution in [3.05, 3.63) is 29.8 Å². The van der Waals surface area contributed by atoms with E-state index in [0.717, 1.165) is 25.7 Å².